The van der Waals surface area contributed by atoms with Crippen LogP contribution in [-0.4, -0.2) is 18.3 Å². The third kappa shape index (κ3) is 2.03. The predicted octanol–water partition coefficient (Wildman–Crippen LogP) is 4.30. The van der Waals surface area contributed by atoms with Crippen LogP contribution in [0, 0.1) is 17.3 Å². The lowest BCUT2D eigenvalue weighted by molar-refractivity contribution is -0.0976. The lowest BCUT2D eigenvalue weighted by Crippen LogP contribution is -2.51. The SMILES string of the molecule is COc1ccc2c(c1)CCC1C2CCC2(C)C(O)CCCC12. The summed E-state index contributed by atoms with van der Waals surface area (Å²) in [6.07, 6.45) is 8.36. The summed E-state index contributed by atoms with van der Waals surface area (Å²) < 4.78 is 5.40. The molecular formula is C20H28O2. The first kappa shape index (κ1) is 14.6. The summed E-state index contributed by atoms with van der Waals surface area (Å²) in [5, 5.41) is 10.6. The Morgan fingerprint density at radius 1 is 1.18 bits per heavy atom. The van der Waals surface area contributed by atoms with E-state index in [1.807, 2.05) is 0 Å². The molecule has 5 atom stereocenters. The Morgan fingerprint density at radius 2 is 2.05 bits per heavy atom. The predicted molar refractivity (Wildman–Crippen MR) is 88.2 cm³/mol. The molecule has 0 bridgehead atoms. The number of hydrogen-bond donors (Lipinski definition) is 1. The lowest BCUT2D eigenvalue weighted by Gasteiger charge is -2.56. The molecule has 0 saturated heterocycles. The second-order valence-corrected chi connectivity index (χ2v) is 7.97. The number of benzene rings is 1. The van der Waals surface area contributed by atoms with E-state index in [1.165, 1.54) is 44.1 Å². The average molecular weight is 300 g/mol. The van der Waals surface area contributed by atoms with Gasteiger partial charge in [-0.15, -0.1) is 0 Å². The van der Waals surface area contributed by atoms with Crippen molar-refractivity contribution < 1.29 is 9.84 Å². The fraction of sp³-hybridized carbons (Fsp3) is 0.700. The molecule has 2 nitrogen and oxygen atoms in total. The van der Waals surface area contributed by atoms with Crippen LogP contribution in [0.25, 0.3) is 0 Å². The van der Waals surface area contributed by atoms with E-state index < -0.39 is 0 Å². The van der Waals surface area contributed by atoms with Crippen LogP contribution in [0.2, 0.25) is 0 Å². The minimum atomic E-state index is -0.0792. The number of methoxy groups -OCH3 is 1. The summed E-state index contributed by atoms with van der Waals surface area (Å²) in [7, 11) is 1.75. The summed E-state index contributed by atoms with van der Waals surface area (Å²) >= 11 is 0. The highest BCUT2D eigenvalue weighted by Gasteiger charge is 2.52. The maximum absolute atomic E-state index is 10.6. The fourth-order valence-electron chi connectivity index (χ4n) is 5.85. The van der Waals surface area contributed by atoms with Crippen LogP contribution in [0.5, 0.6) is 5.75 Å². The largest absolute Gasteiger partial charge is 0.497 e. The van der Waals surface area contributed by atoms with E-state index >= 15 is 0 Å². The summed E-state index contributed by atoms with van der Waals surface area (Å²) in [5.41, 5.74) is 3.24. The fourth-order valence-corrected chi connectivity index (χ4v) is 5.85. The van der Waals surface area contributed by atoms with Gasteiger partial charge in [-0.2, -0.15) is 0 Å². The van der Waals surface area contributed by atoms with Crippen LogP contribution in [0.3, 0.4) is 0 Å². The highest BCUT2D eigenvalue weighted by molar-refractivity contribution is 5.40. The molecule has 2 heteroatoms. The zero-order chi connectivity index (χ0) is 15.3. The van der Waals surface area contributed by atoms with E-state index in [2.05, 4.69) is 25.1 Å². The van der Waals surface area contributed by atoms with Crippen LogP contribution < -0.4 is 4.74 Å². The van der Waals surface area contributed by atoms with E-state index in [0.29, 0.717) is 11.8 Å². The second-order valence-electron chi connectivity index (χ2n) is 7.97. The smallest absolute Gasteiger partial charge is 0.119 e. The summed E-state index contributed by atoms with van der Waals surface area (Å²) in [6, 6.07) is 6.69. The zero-order valence-corrected chi connectivity index (χ0v) is 13.8. The molecule has 0 amide bonds. The molecule has 0 aromatic heterocycles. The van der Waals surface area contributed by atoms with Crippen molar-refractivity contribution >= 4 is 0 Å². The van der Waals surface area contributed by atoms with Gasteiger partial charge in [-0.25, -0.2) is 0 Å². The molecule has 0 heterocycles. The first-order chi connectivity index (χ1) is 10.6. The summed E-state index contributed by atoms with van der Waals surface area (Å²) in [5.74, 6) is 3.18. The van der Waals surface area contributed by atoms with Crippen LogP contribution in [0.4, 0.5) is 0 Å². The third-order valence-corrected chi connectivity index (χ3v) is 7.13. The first-order valence-corrected chi connectivity index (χ1v) is 8.98. The van der Waals surface area contributed by atoms with Crippen molar-refractivity contribution in [1.82, 2.24) is 0 Å². The van der Waals surface area contributed by atoms with Gasteiger partial charge >= 0.3 is 0 Å². The Kier molecular flexibility index (Phi) is 3.48. The monoisotopic (exact) mass is 300 g/mol. The number of ether oxygens (including phenoxy) is 1. The Bertz CT molecular complexity index is 567. The average Bonchev–Trinajstić information content (AvgIpc) is 2.55. The van der Waals surface area contributed by atoms with Gasteiger partial charge in [0.25, 0.3) is 0 Å². The van der Waals surface area contributed by atoms with Gasteiger partial charge in [-0.3, -0.25) is 0 Å². The summed E-state index contributed by atoms with van der Waals surface area (Å²) in [4.78, 5) is 0. The molecule has 120 valence electrons. The minimum Gasteiger partial charge on any atom is -0.497 e. The molecule has 0 spiro atoms. The molecule has 3 aliphatic rings. The lowest BCUT2D eigenvalue weighted by atomic mass is 9.50. The molecule has 0 radical (unpaired) electrons. The molecule has 0 aliphatic heterocycles. The number of fused-ring (bicyclic) bond motifs is 5. The van der Waals surface area contributed by atoms with Gasteiger partial charge < -0.3 is 9.84 Å². The van der Waals surface area contributed by atoms with E-state index in [-0.39, 0.29) is 11.5 Å². The Labute approximate surface area is 133 Å². The van der Waals surface area contributed by atoms with E-state index in [9.17, 15) is 5.11 Å². The molecule has 1 N–H and O–H groups in total. The molecule has 22 heavy (non-hydrogen) atoms. The van der Waals surface area contributed by atoms with Crippen molar-refractivity contribution in [2.24, 2.45) is 17.3 Å². The maximum atomic E-state index is 10.6. The molecule has 2 fully saturated rings. The third-order valence-electron chi connectivity index (χ3n) is 7.13. The Hall–Kier alpha value is -1.02. The number of hydrogen-bond acceptors (Lipinski definition) is 2. The van der Waals surface area contributed by atoms with Gasteiger partial charge in [-0.05, 0) is 85.0 Å². The van der Waals surface area contributed by atoms with Crippen molar-refractivity contribution in [3.8, 4) is 5.75 Å². The van der Waals surface area contributed by atoms with Crippen molar-refractivity contribution in [3.05, 3.63) is 29.3 Å². The van der Waals surface area contributed by atoms with Crippen LogP contribution in [0.15, 0.2) is 18.2 Å². The van der Waals surface area contributed by atoms with Crippen molar-refractivity contribution in [3.63, 3.8) is 0 Å². The van der Waals surface area contributed by atoms with E-state index in [0.717, 1.165) is 18.1 Å². The number of aryl methyl sites for hydroxylation is 1. The zero-order valence-electron chi connectivity index (χ0n) is 13.8. The molecule has 2 saturated carbocycles. The Morgan fingerprint density at radius 3 is 2.86 bits per heavy atom. The second kappa shape index (κ2) is 5.26. The van der Waals surface area contributed by atoms with Gasteiger partial charge in [0.2, 0.25) is 0 Å². The standard InChI is InChI=1S/C20H28O2/c1-20-11-10-16-15-9-7-14(22-2)12-13(15)6-8-17(16)18(20)4-3-5-19(20)21/h7,9,12,16-19,21H,3-6,8,10-11H2,1-2H3. The van der Waals surface area contributed by atoms with Gasteiger partial charge in [0, 0.05) is 0 Å². The van der Waals surface area contributed by atoms with Crippen LogP contribution in [0.1, 0.15) is 62.5 Å². The topological polar surface area (TPSA) is 29.5 Å². The number of aliphatic hydroxyl groups is 1. The summed E-state index contributed by atoms with van der Waals surface area (Å²) in [6.45, 7) is 2.36. The normalized spacial score (nSPS) is 40.3. The van der Waals surface area contributed by atoms with Gasteiger partial charge in [-0.1, -0.05) is 19.4 Å². The quantitative estimate of drug-likeness (QED) is 0.838. The highest BCUT2D eigenvalue weighted by Crippen LogP contribution is 2.59. The van der Waals surface area contributed by atoms with Gasteiger partial charge in [0.15, 0.2) is 0 Å². The van der Waals surface area contributed by atoms with Crippen LogP contribution in [-0.2, 0) is 6.42 Å². The molecule has 5 unspecified atom stereocenters. The minimum absolute atomic E-state index is 0.0792. The molecular weight excluding hydrogens is 272 g/mol. The molecule has 4 rings (SSSR count). The number of aliphatic hydroxyl groups excluding tert-OH is 1. The van der Waals surface area contributed by atoms with Crippen LogP contribution >= 0.6 is 0 Å². The van der Waals surface area contributed by atoms with Crippen molar-refractivity contribution in [2.75, 3.05) is 7.11 Å². The molecule has 3 aliphatic carbocycles. The van der Waals surface area contributed by atoms with E-state index in [4.69, 9.17) is 4.74 Å². The van der Waals surface area contributed by atoms with Gasteiger partial charge in [0.05, 0.1) is 13.2 Å². The maximum Gasteiger partial charge on any atom is 0.119 e. The Balaban J connectivity index is 1.68. The number of rotatable bonds is 1. The van der Waals surface area contributed by atoms with E-state index in [1.54, 1.807) is 12.7 Å². The van der Waals surface area contributed by atoms with Crippen molar-refractivity contribution in [2.45, 2.75) is 63.9 Å². The van der Waals surface area contributed by atoms with Gasteiger partial charge in [0.1, 0.15) is 5.75 Å². The molecule has 1 aromatic rings. The molecule has 1 aromatic carbocycles. The first-order valence-electron chi connectivity index (χ1n) is 8.98. The van der Waals surface area contributed by atoms with Crippen molar-refractivity contribution in [1.29, 1.82) is 0 Å². The highest BCUT2D eigenvalue weighted by atomic mass is 16.5.